The lowest BCUT2D eigenvalue weighted by Gasteiger charge is -2.38. The van der Waals surface area contributed by atoms with Crippen LogP contribution < -0.4 is 0 Å². The number of halogens is 6. The molecule has 3 atom stereocenters. The van der Waals surface area contributed by atoms with Gasteiger partial charge in [-0.1, -0.05) is 61.5 Å². The van der Waals surface area contributed by atoms with Gasteiger partial charge < -0.3 is 4.90 Å². The van der Waals surface area contributed by atoms with E-state index >= 15 is 0 Å². The van der Waals surface area contributed by atoms with Crippen molar-refractivity contribution in [3.63, 3.8) is 0 Å². The van der Waals surface area contributed by atoms with Crippen LogP contribution in [0.5, 0.6) is 0 Å². The fourth-order valence-electron chi connectivity index (χ4n) is 5.27. The molecule has 0 heterocycles. The summed E-state index contributed by atoms with van der Waals surface area (Å²) in [6, 6.07) is 19.6. The van der Waals surface area contributed by atoms with Gasteiger partial charge in [0.25, 0.3) is 0 Å². The highest BCUT2D eigenvalue weighted by molar-refractivity contribution is 5.26. The normalized spacial score (nSPS) is 19.9. The van der Waals surface area contributed by atoms with Crippen LogP contribution in [-0.2, 0) is 12.8 Å². The molecule has 0 spiro atoms. The van der Waals surface area contributed by atoms with E-state index in [9.17, 15) is 26.3 Å². The van der Waals surface area contributed by atoms with Crippen molar-refractivity contribution in [3.8, 4) is 6.07 Å². The van der Waals surface area contributed by atoms with Gasteiger partial charge in [-0.15, -0.1) is 0 Å². The third-order valence-corrected chi connectivity index (χ3v) is 7.18. The monoisotopic (exact) mass is 540 g/mol. The zero-order valence-corrected chi connectivity index (χ0v) is 22.2. The minimum absolute atomic E-state index is 0.128. The summed E-state index contributed by atoms with van der Waals surface area (Å²) in [5.41, 5.74) is 3.13. The zero-order valence-electron chi connectivity index (χ0n) is 22.2. The maximum Gasteiger partial charge on any atom is 0.392 e. The number of hydrogen-bond acceptors (Lipinski definition) is 2. The van der Waals surface area contributed by atoms with Crippen LogP contribution in [0.3, 0.4) is 0 Å². The lowest BCUT2D eigenvalue weighted by molar-refractivity contribution is -0.263. The highest BCUT2D eigenvalue weighted by atomic mass is 19.4. The lowest BCUT2D eigenvalue weighted by Crippen LogP contribution is -2.42. The van der Waals surface area contributed by atoms with E-state index in [0.29, 0.717) is 5.56 Å². The number of alkyl halides is 6. The number of benzene rings is 2. The molecule has 1 aliphatic rings. The Morgan fingerprint density at radius 1 is 0.789 bits per heavy atom. The van der Waals surface area contributed by atoms with Crippen LogP contribution in [0.2, 0.25) is 0 Å². The minimum Gasteiger partial charge on any atom is -0.303 e. The molecule has 2 aromatic carbocycles. The van der Waals surface area contributed by atoms with Crippen LogP contribution in [0.4, 0.5) is 26.3 Å². The molecule has 1 fully saturated rings. The second kappa shape index (κ2) is 15.2. The Morgan fingerprint density at radius 3 is 1.92 bits per heavy atom. The first-order valence-corrected chi connectivity index (χ1v) is 13.3. The highest BCUT2D eigenvalue weighted by Crippen LogP contribution is 2.52. The van der Waals surface area contributed by atoms with Crippen molar-refractivity contribution in [2.45, 2.75) is 77.1 Å². The van der Waals surface area contributed by atoms with Crippen molar-refractivity contribution in [2.75, 3.05) is 19.6 Å². The molecule has 1 saturated carbocycles. The number of rotatable bonds is 10. The summed E-state index contributed by atoms with van der Waals surface area (Å²) >= 11 is 0. The molecule has 0 saturated heterocycles. The summed E-state index contributed by atoms with van der Waals surface area (Å²) in [6.45, 7) is 6.60. The first-order valence-electron chi connectivity index (χ1n) is 13.3. The molecule has 0 bridgehead atoms. The van der Waals surface area contributed by atoms with Crippen LogP contribution in [0.25, 0.3) is 0 Å². The summed E-state index contributed by atoms with van der Waals surface area (Å²) in [7, 11) is 0. The van der Waals surface area contributed by atoms with E-state index in [0.717, 1.165) is 50.9 Å². The van der Waals surface area contributed by atoms with Gasteiger partial charge in [0.2, 0.25) is 0 Å². The molecule has 38 heavy (non-hydrogen) atoms. The van der Waals surface area contributed by atoms with Gasteiger partial charge in [0.1, 0.15) is 0 Å². The molecule has 0 aromatic heterocycles. The van der Waals surface area contributed by atoms with Crippen molar-refractivity contribution in [2.24, 2.45) is 11.8 Å². The number of aryl methyl sites for hydroxylation is 1. The van der Waals surface area contributed by atoms with Gasteiger partial charge in [-0.05, 0) is 80.6 Å². The Hall–Kier alpha value is -2.53. The van der Waals surface area contributed by atoms with E-state index in [-0.39, 0.29) is 6.42 Å². The van der Waals surface area contributed by atoms with Crippen LogP contribution in [0.1, 0.15) is 68.6 Å². The molecular weight excluding hydrogens is 502 g/mol. The summed E-state index contributed by atoms with van der Waals surface area (Å²) < 4.78 is 79.6. The van der Waals surface area contributed by atoms with Crippen molar-refractivity contribution in [1.82, 2.24) is 4.90 Å². The van der Waals surface area contributed by atoms with Gasteiger partial charge in [-0.25, -0.2) is 0 Å². The molecule has 0 aliphatic heterocycles. The van der Waals surface area contributed by atoms with Crippen LogP contribution in [-0.4, -0.2) is 36.9 Å². The Morgan fingerprint density at radius 2 is 1.37 bits per heavy atom. The smallest absolute Gasteiger partial charge is 0.303 e. The quantitative estimate of drug-likeness (QED) is 0.282. The summed E-state index contributed by atoms with van der Waals surface area (Å²) in [5, 5.41) is 7.32. The van der Waals surface area contributed by atoms with Crippen molar-refractivity contribution < 1.29 is 26.3 Å². The maximum absolute atomic E-state index is 13.4. The first kappa shape index (κ1) is 31.7. The van der Waals surface area contributed by atoms with E-state index in [1.807, 2.05) is 18.2 Å². The molecule has 0 amide bonds. The minimum atomic E-state index is -4.84. The van der Waals surface area contributed by atoms with Gasteiger partial charge in [0.15, 0.2) is 0 Å². The van der Waals surface area contributed by atoms with Gasteiger partial charge in [-0.2, -0.15) is 31.6 Å². The Bertz CT molecular complexity index is 963. The highest BCUT2D eigenvalue weighted by Gasteiger charge is 2.56. The molecule has 0 radical (unpaired) electrons. The van der Waals surface area contributed by atoms with Crippen LogP contribution in [0.15, 0.2) is 54.6 Å². The summed E-state index contributed by atoms with van der Waals surface area (Å²) in [6.07, 6.45) is -6.59. The predicted octanol–water partition coefficient (Wildman–Crippen LogP) is 8.73. The number of nitrogens with zero attached hydrogens (tertiary/aromatic N) is 2. The molecule has 3 rings (SSSR count). The lowest BCUT2D eigenvalue weighted by atomic mass is 9.71. The summed E-state index contributed by atoms with van der Waals surface area (Å²) in [4.78, 5) is 2.46. The predicted molar refractivity (Wildman–Crippen MR) is 139 cm³/mol. The molecule has 2 nitrogen and oxygen atoms in total. The molecule has 0 N–H and O–H groups in total. The Labute approximate surface area is 222 Å². The van der Waals surface area contributed by atoms with E-state index in [1.165, 1.54) is 12.5 Å². The molecule has 210 valence electrons. The topological polar surface area (TPSA) is 27.0 Å². The third-order valence-electron chi connectivity index (χ3n) is 7.18. The average Bonchev–Trinajstić information content (AvgIpc) is 2.87. The average molecular weight is 541 g/mol. The molecule has 8 heteroatoms. The largest absolute Gasteiger partial charge is 0.392 e. The fourth-order valence-corrected chi connectivity index (χ4v) is 5.27. The maximum atomic E-state index is 13.4. The van der Waals surface area contributed by atoms with E-state index in [1.54, 1.807) is 18.2 Å². The van der Waals surface area contributed by atoms with Crippen molar-refractivity contribution in [3.05, 3.63) is 71.3 Å². The van der Waals surface area contributed by atoms with Crippen molar-refractivity contribution >= 4 is 0 Å². The second-order valence-corrected chi connectivity index (χ2v) is 9.95. The van der Waals surface area contributed by atoms with Gasteiger partial charge >= 0.3 is 12.4 Å². The van der Waals surface area contributed by atoms with Gasteiger partial charge in [0, 0.05) is 13.5 Å². The standard InChI is InChI=1S/C28H35F6N.C2H3N/c1-2-17-35(19-16-21-7-4-3-5-8-21)18-6-9-22-10-12-23(13-11-22)24-14-15-25(27(29,30)31)26(20-24)28(32,33)34;1-2-3/h3-5,7-8,10-13,24-26H,2,6,9,14-20H2,1H3;1H3. The van der Waals surface area contributed by atoms with Crippen LogP contribution >= 0.6 is 0 Å². The SMILES string of the molecule is CC#N.CCCN(CCCc1ccc(C2CCC(C(F)(F)F)C(C(F)(F)F)C2)cc1)CCc1ccccc1. The molecule has 1 aliphatic carbocycles. The van der Waals surface area contributed by atoms with Gasteiger partial charge in [0.05, 0.1) is 17.9 Å². The second-order valence-electron chi connectivity index (χ2n) is 9.95. The van der Waals surface area contributed by atoms with E-state index in [4.69, 9.17) is 5.26 Å². The third kappa shape index (κ3) is 10.3. The summed E-state index contributed by atoms with van der Waals surface area (Å²) in [5.74, 6) is -5.13. The van der Waals surface area contributed by atoms with Gasteiger partial charge in [-0.3, -0.25) is 0 Å². The van der Waals surface area contributed by atoms with E-state index in [2.05, 4.69) is 36.1 Å². The zero-order chi connectivity index (χ0) is 28.2. The molecule has 3 unspecified atom stereocenters. The number of hydrogen-bond donors (Lipinski definition) is 0. The fraction of sp³-hybridized carbons (Fsp3) is 0.567. The number of nitriles is 1. The van der Waals surface area contributed by atoms with Crippen molar-refractivity contribution in [1.29, 1.82) is 5.26 Å². The first-order chi connectivity index (χ1) is 18.0. The Balaban J connectivity index is 0.00000161. The molecule has 2 aromatic rings. The molecular formula is C30H38F6N2. The van der Waals surface area contributed by atoms with E-state index < -0.39 is 42.9 Å². The Kier molecular flexibility index (Phi) is 12.6. The van der Waals surface area contributed by atoms with Crippen LogP contribution in [0, 0.1) is 23.2 Å².